The van der Waals surface area contributed by atoms with Gasteiger partial charge in [-0.05, 0) is 60.5 Å². The molecule has 0 aliphatic carbocycles. The van der Waals surface area contributed by atoms with Crippen molar-refractivity contribution in [1.82, 2.24) is 14.7 Å². The first kappa shape index (κ1) is 21.9. The number of carbonyl (C=O) groups excluding carboxylic acids is 2. The molecule has 1 fully saturated rings. The average molecular weight is 464 g/mol. The Bertz CT molecular complexity index is 1140. The van der Waals surface area contributed by atoms with Gasteiger partial charge in [0.2, 0.25) is 5.91 Å². The summed E-state index contributed by atoms with van der Waals surface area (Å²) < 4.78 is 5.28. The molecule has 33 heavy (non-hydrogen) atoms. The number of amides is 2. The van der Waals surface area contributed by atoms with Gasteiger partial charge in [0.15, 0.2) is 5.76 Å². The number of hydrogen-bond acceptors (Lipinski definition) is 5. The molecule has 0 N–H and O–H groups in total. The summed E-state index contributed by atoms with van der Waals surface area (Å²) in [5, 5.41) is 2.16. The van der Waals surface area contributed by atoms with Crippen LogP contribution >= 0.6 is 11.3 Å². The van der Waals surface area contributed by atoms with Gasteiger partial charge in [0.1, 0.15) is 0 Å². The molecule has 172 valence electrons. The zero-order valence-corrected chi connectivity index (χ0v) is 19.9. The Kier molecular flexibility index (Phi) is 6.08. The van der Waals surface area contributed by atoms with Crippen molar-refractivity contribution in [3.63, 3.8) is 0 Å². The van der Waals surface area contributed by atoms with Gasteiger partial charge in [-0.3, -0.25) is 14.5 Å². The van der Waals surface area contributed by atoms with Crippen LogP contribution in [0.1, 0.15) is 45.1 Å². The molecule has 1 aromatic carbocycles. The lowest BCUT2D eigenvalue weighted by Crippen LogP contribution is -2.57. The number of piperazine rings is 1. The van der Waals surface area contributed by atoms with Gasteiger partial charge in [0.05, 0.1) is 18.8 Å². The number of carbonyl (C=O) groups is 2. The predicted octanol–water partition coefficient (Wildman–Crippen LogP) is 3.97. The molecule has 5 rings (SSSR count). The zero-order chi connectivity index (χ0) is 22.9. The van der Waals surface area contributed by atoms with Gasteiger partial charge < -0.3 is 14.2 Å². The lowest BCUT2D eigenvalue weighted by atomic mass is 9.90. The van der Waals surface area contributed by atoms with Crippen LogP contribution in [0.25, 0.3) is 0 Å². The molecule has 1 saturated heterocycles. The Labute approximate surface area is 198 Å². The van der Waals surface area contributed by atoms with Crippen molar-refractivity contribution in [3.8, 4) is 0 Å². The number of furan rings is 1. The van der Waals surface area contributed by atoms with E-state index >= 15 is 0 Å². The minimum Gasteiger partial charge on any atom is -0.459 e. The van der Waals surface area contributed by atoms with Gasteiger partial charge in [-0.15, -0.1) is 11.3 Å². The van der Waals surface area contributed by atoms with E-state index in [1.807, 2.05) is 23.2 Å². The lowest BCUT2D eigenvalue weighted by molar-refractivity contribution is -0.135. The fourth-order valence-corrected chi connectivity index (χ4v) is 6.00. The SMILES string of the molecule is Cc1ccccc1[C@H]1c2ccsc2CCN1CC(=O)N1CCN(C(=O)c2ccco2)[C@H](C)C1. The Morgan fingerprint density at radius 2 is 1.91 bits per heavy atom. The average Bonchev–Trinajstić information content (AvgIpc) is 3.51. The molecule has 0 radical (unpaired) electrons. The third kappa shape index (κ3) is 4.23. The maximum Gasteiger partial charge on any atom is 0.289 e. The Hall–Kier alpha value is -2.90. The highest BCUT2D eigenvalue weighted by molar-refractivity contribution is 7.10. The van der Waals surface area contributed by atoms with Crippen LogP contribution in [-0.4, -0.2) is 65.3 Å². The second kappa shape index (κ2) is 9.15. The van der Waals surface area contributed by atoms with Crippen LogP contribution in [0.15, 0.2) is 58.5 Å². The van der Waals surface area contributed by atoms with Crippen molar-refractivity contribution in [3.05, 3.63) is 81.4 Å². The van der Waals surface area contributed by atoms with Gasteiger partial charge in [0.25, 0.3) is 5.91 Å². The number of benzene rings is 1. The normalized spacial score (nSPS) is 21.2. The summed E-state index contributed by atoms with van der Waals surface area (Å²) >= 11 is 1.81. The van der Waals surface area contributed by atoms with Crippen molar-refractivity contribution in [2.75, 3.05) is 32.7 Å². The van der Waals surface area contributed by atoms with Crippen LogP contribution in [0.5, 0.6) is 0 Å². The highest BCUT2D eigenvalue weighted by Gasteiger charge is 2.35. The number of aryl methyl sites for hydroxylation is 1. The van der Waals surface area contributed by atoms with E-state index in [0.29, 0.717) is 31.9 Å². The summed E-state index contributed by atoms with van der Waals surface area (Å²) in [5.41, 5.74) is 3.85. The summed E-state index contributed by atoms with van der Waals surface area (Å²) in [5.74, 6) is 0.368. The molecule has 0 bridgehead atoms. The summed E-state index contributed by atoms with van der Waals surface area (Å²) in [6.07, 6.45) is 2.49. The number of hydrogen-bond donors (Lipinski definition) is 0. The summed E-state index contributed by atoms with van der Waals surface area (Å²) in [6.45, 7) is 6.99. The zero-order valence-electron chi connectivity index (χ0n) is 19.1. The van der Waals surface area contributed by atoms with Gasteiger partial charge in [-0.2, -0.15) is 0 Å². The van der Waals surface area contributed by atoms with Crippen LogP contribution in [0.4, 0.5) is 0 Å². The van der Waals surface area contributed by atoms with Crippen LogP contribution < -0.4 is 0 Å². The van der Waals surface area contributed by atoms with E-state index in [1.54, 1.807) is 17.0 Å². The molecular weight excluding hydrogens is 434 g/mol. The largest absolute Gasteiger partial charge is 0.459 e. The molecule has 0 spiro atoms. The smallest absolute Gasteiger partial charge is 0.289 e. The molecule has 0 unspecified atom stereocenters. The fourth-order valence-electron chi connectivity index (χ4n) is 5.10. The number of rotatable bonds is 4. The van der Waals surface area contributed by atoms with Crippen molar-refractivity contribution >= 4 is 23.2 Å². The first-order valence-corrected chi connectivity index (χ1v) is 12.4. The highest BCUT2D eigenvalue weighted by atomic mass is 32.1. The molecule has 0 saturated carbocycles. The molecule has 4 heterocycles. The molecule has 6 nitrogen and oxygen atoms in total. The van der Waals surface area contributed by atoms with E-state index in [2.05, 4.69) is 47.5 Å². The molecule has 2 aliphatic rings. The van der Waals surface area contributed by atoms with Gasteiger partial charge in [0, 0.05) is 37.1 Å². The minimum absolute atomic E-state index is 0.0581. The number of thiophene rings is 1. The minimum atomic E-state index is -0.111. The molecule has 3 aromatic rings. The third-order valence-corrected chi connectivity index (χ3v) is 7.86. The van der Waals surface area contributed by atoms with E-state index < -0.39 is 0 Å². The van der Waals surface area contributed by atoms with Crippen molar-refractivity contribution in [1.29, 1.82) is 0 Å². The number of nitrogens with zero attached hydrogens (tertiary/aromatic N) is 3. The van der Waals surface area contributed by atoms with E-state index in [1.165, 1.54) is 27.8 Å². The quantitative estimate of drug-likeness (QED) is 0.588. The molecule has 7 heteroatoms. The number of fused-ring (bicyclic) bond motifs is 1. The molecule has 2 atom stereocenters. The van der Waals surface area contributed by atoms with Crippen LogP contribution in [-0.2, 0) is 11.2 Å². The summed E-state index contributed by atoms with van der Waals surface area (Å²) in [4.78, 5) is 33.6. The van der Waals surface area contributed by atoms with Crippen molar-refractivity contribution < 1.29 is 14.0 Å². The lowest BCUT2D eigenvalue weighted by Gasteiger charge is -2.41. The first-order valence-electron chi connectivity index (χ1n) is 11.5. The van der Waals surface area contributed by atoms with Gasteiger partial charge >= 0.3 is 0 Å². The van der Waals surface area contributed by atoms with Crippen LogP contribution in [0.2, 0.25) is 0 Å². The standard InChI is InChI=1S/C26H29N3O3S/c1-18-6-3-4-7-20(18)25-21-10-15-33-23(21)9-11-28(25)17-24(30)27-12-13-29(19(2)16-27)26(31)22-8-5-14-32-22/h3-8,10,14-15,19,25H,9,11-13,16-17H2,1-2H3/t19-,25+/m1/s1. The van der Waals surface area contributed by atoms with Crippen molar-refractivity contribution in [2.45, 2.75) is 32.4 Å². The monoisotopic (exact) mass is 463 g/mol. The van der Waals surface area contributed by atoms with E-state index in [4.69, 9.17) is 4.42 Å². The summed E-state index contributed by atoms with van der Waals surface area (Å²) in [7, 11) is 0. The third-order valence-electron chi connectivity index (χ3n) is 6.86. The van der Waals surface area contributed by atoms with Crippen LogP contribution in [0.3, 0.4) is 0 Å². The Morgan fingerprint density at radius 1 is 1.06 bits per heavy atom. The Morgan fingerprint density at radius 3 is 2.67 bits per heavy atom. The Balaban J connectivity index is 1.30. The summed E-state index contributed by atoms with van der Waals surface area (Å²) in [6, 6.07) is 14.2. The second-order valence-electron chi connectivity index (χ2n) is 8.94. The van der Waals surface area contributed by atoms with Gasteiger partial charge in [-0.25, -0.2) is 0 Å². The van der Waals surface area contributed by atoms with Gasteiger partial charge in [-0.1, -0.05) is 24.3 Å². The maximum atomic E-state index is 13.4. The fraction of sp³-hybridized carbons (Fsp3) is 0.385. The predicted molar refractivity (Wildman–Crippen MR) is 128 cm³/mol. The van der Waals surface area contributed by atoms with E-state index in [9.17, 15) is 9.59 Å². The molecule has 2 aliphatic heterocycles. The second-order valence-corrected chi connectivity index (χ2v) is 9.94. The molecule has 2 aromatic heterocycles. The molecule has 2 amide bonds. The van der Waals surface area contributed by atoms with E-state index in [0.717, 1.165) is 13.0 Å². The maximum absolute atomic E-state index is 13.4. The molecular formula is C26H29N3O3S. The highest BCUT2D eigenvalue weighted by Crippen LogP contribution is 2.38. The first-order chi connectivity index (χ1) is 16.0. The van der Waals surface area contributed by atoms with Crippen LogP contribution in [0, 0.1) is 6.92 Å². The van der Waals surface area contributed by atoms with E-state index in [-0.39, 0.29) is 23.9 Å². The topological polar surface area (TPSA) is 57.0 Å². The van der Waals surface area contributed by atoms with Crippen molar-refractivity contribution in [2.24, 2.45) is 0 Å².